The standard InChI is InChI=1S/C14H22F3N5OS.HI/c1-3-18-13(19-6-10-8-22(2)4-5-23-10)20-7-12-21-11(9-24-12)14(15,16)17;/h9-10H,3-8H2,1-2H3,(H2,18,19,20);1H. The highest BCUT2D eigenvalue weighted by Crippen LogP contribution is 2.30. The van der Waals surface area contributed by atoms with Crippen LogP contribution in [-0.2, 0) is 17.5 Å². The number of nitrogens with one attached hydrogen (secondary N) is 2. The number of aromatic nitrogens is 1. The number of ether oxygens (including phenoxy) is 1. The molecule has 1 aromatic rings. The molecule has 0 aliphatic carbocycles. The van der Waals surface area contributed by atoms with Crippen molar-refractivity contribution >= 4 is 41.3 Å². The fourth-order valence-electron chi connectivity index (χ4n) is 2.20. The highest BCUT2D eigenvalue weighted by Gasteiger charge is 2.33. The first-order chi connectivity index (χ1) is 11.4. The second kappa shape index (κ2) is 10.5. The molecule has 1 aliphatic rings. The van der Waals surface area contributed by atoms with Crippen LogP contribution >= 0.6 is 35.3 Å². The summed E-state index contributed by atoms with van der Waals surface area (Å²) >= 11 is 0.958. The lowest BCUT2D eigenvalue weighted by atomic mass is 10.3. The van der Waals surface area contributed by atoms with Gasteiger partial charge in [-0.05, 0) is 14.0 Å². The van der Waals surface area contributed by atoms with Crippen LogP contribution in [0.15, 0.2) is 10.4 Å². The van der Waals surface area contributed by atoms with Gasteiger partial charge < -0.3 is 20.3 Å². The molecule has 2 heterocycles. The number of aliphatic imine (C=N–C) groups is 1. The SMILES string of the molecule is CCNC(=NCc1nc(C(F)(F)F)cs1)NCC1CN(C)CCO1.I. The number of rotatable bonds is 5. The summed E-state index contributed by atoms with van der Waals surface area (Å²) in [6, 6.07) is 0. The van der Waals surface area contributed by atoms with Crippen molar-refractivity contribution < 1.29 is 17.9 Å². The van der Waals surface area contributed by atoms with Crippen molar-refractivity contribution in [1.29, 1.82) is 0 Å². The number of morpholine rings is 1. The van der Waals surface area contributed by atoms with Gasteiger partial charge in [0.05, 0.1) is 19.3 Å². The fraction of sp³-hybridized carbons (Fsp3) is 0.714. The molecule has 1 aliphatic heterocycles. The highest BCUT2D eigenvalue weighted by atomic mass is 127. The van der Waals surface area contributed by atoms with Gasteiger partial charge in [0.1, 0.15) is 5.01 Å². The number of halogens is 4. The second-order valence-electron chi connectivity index (χ2n) is 5.46. The van der Waals surface area contributed by atoms with Gasteiger partial charge in [0.15, 0.2) is 11.7 Å². The molecule has 11 heteroatoms. The van der Waals surface area contributed by atoms with Crippen molar-refractivity contribution in [2.24, 2.45) is 4.99 Å². The average molecular weight is 493 g/mol. The molecule has 0 amide bonds. The summed E-state index contributed by atoms with van der Waals surface area (Å²) in [5, 5.41) is 7.56. The molecule has 0 saturated carbocycles. The van der Waals surface area contributed by atoms with Crippen LogP contribution in [0, 0.1) is 0 Å². The number of alkyl halides is 3. The number of nitrogens with zero attached hydrogens (tertiary/aromatic N) is 3. The summed E-state index contributed by atoms with van der Waals surface area (Å²) in [6.45, 7) is 5.69. The van der Waals surface area contributed by atoms with Gasteiger partial charge in [-0.25, -0.2) is 9.98 Å². The quantitative estimate of drug-likeness (QED) is 0.374. The van der Waals surface area contributed by atoms with Crippen molar-refractivity contribution in [3.8, 4) is 0 Å². The zero-order valence-electron chi connectivity index (χ0n) is 14.1. The maximum absolute atomic E-state index is 12.5. The first kappa shape index (κ1) is 22.4. The van der Waals surface area contributed by atoms with E-state index in [0.29, 0.717) is 30.7 Å². The topological polar surface area (TPSA) is 61.8 Å². The van der Waals surface area contributed by atoms with Gasteiger partial charge >= 0.3 is 6.18 Å². The Morgan fingerprint density at radius 2 is 2.24 bits per heavy atom. The molecular weight excluding hydrogens is 470 g/mol. The van der Waals surface area contributed by atoms with E-state index >= 15 is 0 Å². The third-order valence-corrected chi connectivity index (χ3v) is 4.23. The number of hydrogen-bond donors (Lipinski definition) is 2. The molecule has 1 atom stereocenters. The fourth-order valence-corrected chi connectivity index (χ4v) is 2.93. The van der Waals surface area contributed by atoms with Crippen LogP contribution in [0.25, 0.3) is 0 Å². The Labute approximate surface area is 166 Å². The van der Waals surface area contributed by atoms with Crippen LogP contribution in [0.3, 0.4) is 0 Å². The minimum atomic E-state index is -4.41. The van der Waals surface area contributed by atoms with E-state index in [-0.39, 0.29) is 36.6 Å². The van der Waals surface area contributed by atoms with Gasteiger partial charge in [0, 0.05) is 31.6 Å². The molecule has 1 unspecified atom stereocenters. The summed E-state index contributed by atoms with van der Waals surface area (Å²) in [6.07, 6.45) is -4.35. The first-order valence-corrected chi connectivity index (χ1v) is 8.60. The number of guanidine groups is 1. The Morgan fingerprint density at radius 3 is 2.84 bits per heavy atom. The Hall–Kier alpha value is -0.660. The predicted octanol–water partition coefficient (Wildman–Crippen LogP) is 2.17. The van der Waals surface area contributed by atoms with Crippen LogP contribution in [-0.4, -0.2) is 61.8 Å². The predicted molar refractivity (Wildman–Crippen MR) is 103 cm³/mol. The van der Waals surface area contributed by atoms with Crippen LogP contribution in [0.4, 0.5) is 13.2 Å². The van der Waals surface area contributed by atoms with Gasteiger partial charge in [-0.15, -0.1) is 35.3 Å². The van der Waals surface area contributed by atoms with E-state index < -0.39 is 11.9 Å². The molecule has 0 bridgehead atoms. The average Bonchev–Trinajstić information content (AvgIpc) is 2.99. The van der Waals surface area contributed by atoms with E-state index in [1.165, 1.54) is 0 Å². The molecule has 1 saturated heterocycles. The summed E-state index contributed by atoms with van der Waals surface area (Å²) in [7, 11) is 2.04. The van der Waals surface area contributed by atoms with E-state index in [2.05, 4.69) is 25.5 Å². The second-order valence-corrected chi connectivity index (χ2v) is 6.40. The monoisotopic (exact) mass is 493 g/mol. The van der Waals surface area contributed by atoms with Gasteiger partial charge in [-0.3, -0.25) is 0 Å². The Morgan fingerprint density at radius 1 is 1.48 bits per heavy atom. The number of likely N-dealkylation sites (N-methyl/N-ethyl adjacent to an activating group) is 1. The van der Waals surface area contributed by atoms with Crippen LogP contribution < -0.4 is 10.6 Å². The Balaban J connectivity index is 0.00000312. The normalized spacial score (nSPS) is 19.4. The highest BCUT2D eigenvalue weighted by molar-refractivity contribution is 14.0. The maximum atomic E-state index is 12.5. The summed E-state index contributed by atoms with van der Waals surface area (Å²) in [5.41, 5.74) is -0.866. The van der Waals surface area contributed by atoms with Crippen LogP contribution in [0.1, 0.15) is 17.6 Å². The van der Waals surface area contributed by atoms with Crippen molar-refractivity contribution in [2.45, 2.75) is 25.7 Å². The molecule has 2 N–H and O–H groups in total. The molecule has 0 aromatic carbocycles. The smallest absolute Gasteiger partial charge is 0.374 e. The van der Waals surface area contributed by atoms with Crippen LogP contribution in [0.2, 0.25) is 0 Å². The van der Waals surface area contributed by atoms with Crippen molar-refractivity contribution in [3.05, 3.63) is 16.1 Å². The third kappa shape index (κ3) is 7.62. The van der Waals surface area contributed by atoms with Gasteiger partial charge in [0.2, 0.25) is 0 Å². The number of thiazole rings is 1. The van der Waals surface area contributed by atoms with Gasteiger partial charge in [0.25, 0.3) is 0 Å². The Bertz CT molecular complexity index is 555. The summed E-state index contributed by atoms with van der Waals surface area (Å²) in [5.74, 6) is 0.540. The molecule has 0 spiro atoms. The van der Waals surface area contributed by atoms with Crippen molar-refractivity contribution in [3.63, 3.8) is 0 Å². The molecule has 6 nitrogen and oxygen atoms in total. The lowest BCUT2D eigenvalue weighted by molar-refractivity contribution is -0.140. The molecule has 1 aromatic heterocycles. The van der Waals surface area contributed by atoms with E-state index in [1.54, 1.807) is 0 Å². The Kier molecular flexibility index (Phi) is 9.38. The van der Waals surface area contributed by atoms with E-state index in [4.69, 9.17) is 4.74 Å². The zero-order chi connectivity index (χ0) is 17.6. The molecule has 144 valence electrons. The van der Waals surface area contributed by atoms with E-state index in [9.17, 15) is 13.2 Å². The molecule has 25 heavy (non-hydrogen) atoms. The van der Waals surface area contributed by atoms with Gasteiger partial charge in [-0.2, -0.15) is 13.2 Å². The lowest BCUT2D eigenvalue weighted by Gasteiger charge is -2.30. The third-order valence-electron chi connectivity index (χ3n) is 3.40. The van der Waals surface area contributed by atoms with Gasteiger partial charge in [-0.1, -0.05) is 0 Å². The van der Waals surface area contributed by atoms with Crippen LogP contribution in [0.5, 0.6) is 0 Å². The summed E-state index contributed by atoms with van der Waals surface area (Å²) < 4.78 is 43.3. The van der Waals surface area contributed by atoms with Crippen molar-refractivity contribution in [1.82, 2.24) is 20.5 Å². The van der Waals surface area contributed by atoms with E-state index in [0.717, 1.165) is 29.8 Å². The molecular formula is C14H23F3IN5OS. The largest absolute Gasteiger partial charge is 0.434 e. The zero-order valence-corrected chi connectivity index (χ0v) is 17.2. The molecule has 2 rings (SSSR count). The lowest BCUT2D eigenvalue weighted by Crippen LogP contribution is -2.48. The first-order valence-electron chi connectivity index (χ1n) is 7.72. The van der Waals surface area contributed by atoms with E-state index in [1.807, 2.05) is 14.0 Å². The minimum Gasteiger partial charge on any atom is -0.374 e. The summed E-state index contributed by atoms with van der Waals surface area (Å²) in [4.78, 5) is 10.1. The molecule has 1 fully saturated rings. The minimum absolute atomic E-state index is 0. The number of hydrogen-bond acceptors (Lipinski definition) is 5. The van der Waals surface area contributed by atoms with Crippen molar-refractivity contribution in [2.75, 3.05) is 39.8 Å². The molecule has 0 radical (unpaired) electrons. The maximum Gasteiger partial charge on any atom is 0.434 e.